The third-order valence-corrected chi connectivity index (χ3v) is 8.90. The first kappa shape index (κ1) is 46.8. The number of nitrogens with one attached hydrogen (secondary N) is 1. The Morgan fingerprint density at radius 2 is 0.918 bits per heavy atom. The predicted octanol–water partition coefficient (Wildman–Crippen LogP) is 12.7. The molecule has 0 aromatic heterocycles. The van der Waals surface area contributed by atoms with E-state index in [2.05, 4.69) is 79.9 Å². The molecule has 0 aromatic rings. The lowest BCUT2D eigenvalue weighted by Gasteiger charge is -2.19. The molecule has 0 heterocycles. The number of carbonyl (C=O) groups is 1. The van der Waals surface area contributed by atoms with Gasteiger partial charge >= 0.3 is 0 Å². The molecule has 4 nitrogen and oxygen atoms in total. The van der Waals surface area contributed by atoms with Gasteiger partial charge in [0.25, 0.3) is 0 Å². The number of unbranched alkanes of at least 4 members (excludes halogenated alkanes) is 19. The van der Waals surface area contributed by atoms with E-state index in [9.17, 15) is 15.0 Å². The van der Waals surface area contributed by atoms with Crippen molar-refractivity contribution in [3.8, 4) is 0 Å². The van der Waals surface area contributed by atoms with E-state index in [1.54, 1.807) is 6.08 Å². The molecular weight excluding hydrogens is 602 g/mol. The smallest absolute Gasteiger partial charge is 0.220 e. The van der Waals surface area contributed by atoms with Gasteiger partial charge in [0.2, 0.25) is 5.91 Å². The highest BCUT2D eigenvalue weighted by atomic mass is 16.3. The van der Waals surface area contributed by atoms with E-state index < -0.39 is 12.1 Å². The molecule has 2 unspecified atom stereocenters. The molecule has 0 radical (unpaired) electrons. The minimum absolute atomic E-state index is 0.0984. The number of hydrogen-bond acceptors (Lipinski definition) is 3. The first-order valence-electron chi connectivity index (χ1n) is 20.7. The second-order valence-electron chi connectivity index (χ2n) is 13.7. The molecule has 0 bridgehead atoms. The Labute approximate surface area is 304 Å². The van der Waals surface area contributed by atoms with Crippen molar-refractivity contribution in [2.24, 2.45) is 0 Å². The van der Waals surface area contributed by atoms with Gasteiger partial charge in [-0.15, -0.1) is 0 Å². The maximum atomic E-state index is 12.3. The third kappa shape index (κ3) is 36.9. The molecule has 3 N–H and O–H groups in total. The predicted molar refractivity (Wildman–Crippen MR) is 216 cm³/mol. The van der Waals surface area contributed by atoms with Gasteiger partial charge in [-0.25, -0.2) is 0 Å². The largest absolute Gasteiger partial charge is 0.394 e. The first-order chi connectivity index (χ1) is 24.2. The zero-order valence-corrected chi connectivity index (χ0v) is 32.2. The van der Waals surface area contributed by atoms with Gasteiger partial charge in [-0.05, 0) is 77.0 Å². The van der Waals surface area contributed by atoms with Gasteiger partial charge in [0, 0.05) is 6.42 Å². The lowest BCUT2D eigenvalue weighted by Crippen LogP contribution is -2.45. The molecule has 4 heteroatoms. The van der Waals surface area contributed by atoms with Crippen LogP contribution in [0, 0.1) is 0 Å². The van der Waals surface area contributed by atoms with Crippen LogP contribution >= 0.6 is 0 Å². The summed E-state index contributed by atoms with van der Waals surface area (Å²) in [5.74, 6) is -0.0984. The molecule has 0 aromatic carbocycles. The summed E-state index contributed by atoms with van der Waals surface area (Å²) in [6.07, 6.45) is 57.2. The Morgan fingerprint density at radius 1 is 0.510 bits per heavy atom. The molecule has 0 aliphatic heterocycles. The minimum Gasteiger partial charge on any atom is -0.394 e. The second kappa shape index (κ2) is 40.3. The quantitative estimate of drug-likeness (QED) is 0.0455. The van der Waals surface area contributed by atoms with Gasteiger partial charge in [-0.1, -0.05) is 177 Å². The van der Waals surface area contributed by atoms with Crippen molar-refractivity contribution in [1.29, 1.82) is 0 Å². The summed E-state index contributed by atoms with van der Waals surface area (Å²) >= 11 is 0. The summed E-state index contributed by atoms with van der Waals surface area (Å²) in [5.41, 5.74) is 0. The first-order valence-corrected chi connectivity index (χ1v) is 20.7. The second-order valence-corrected chi connectivity index (χ2v) is 13.7. The summed E-state index contributed by atoms with van der Waals surface area (Å²) in [7, 11) is 0. The van der Waals surface area contributed by atoms with E-state index >= 15 is 0 Å². The van der Waals surface area contributed by atoms with Crippen LogP contribution in [0.2, 0.25) is 0 Å². The third-order valence-electron chi connectivity index (χ3n) is 8.90. The van der Waals surface area contributed by atoms with E-state index in [1.165, 1.54) is 96.3 Å². The highest BCUT2D eigenvalue weighted by molar-refractivity contribution is 5.76. The molecule has 49 heavy (non-hydrogen) atoms. The van der Waals surface area contributed by atoms with Crippen LogP contribution in [0.25, 0.3) is 0 Å². The SMILES string of the molecule is CC/C=C\C/C=C\C/C=C\CCCCCCCC(=O)NC(CO)C(O)/C=C/CC/C=C/CC/C=C/CCCCCCCCCCCCCC. The Hall–Kier alpha value is -2.17. The number of aliphatic hydroxyl groups excluding tert-OH is 2. The molecule has 0 saturated carbocycles. The lowest BCUT2D eigenvalue weighted by molar-refractivity contribution is -0.123. The number of allylic oxidation sites excluding steroid dienone is 11. The minimum atomic E-state index is -0.880. The zero-order valence-electron chi connectivity index (χ0n) is 32.2. The molecular formula is C45H79NO3. The fraction of sp³-hybridized carbons (Fsp3) is 0.711. The molecule has 0 aliphatic rings. The van der Waals surface area contributed by atoms with Gasteiger partial charge in [0.15, 0.2) is 0 Å². The van der Waals surface area contributed by atoms with Crippen molar-refractivity contribution in [2.45, 2.75) is 199 Å². The summed E-state index contributed by atoms with van der Waals surface area (Å²) in [5, 5.41) is 22.9. The number of rotatable bonds is 36. The molecule has 0 saturated heterocycles. The Morgan fingerprint density at radius 3 is 1.43 bits per heavy atom. The molecule has 0 aliphatic carbocycles. The van der Waals surface area contributed by atoms with Crippen LogP contribution in [0.5, 0.6) is 0 Å². The fourth-order valence-corrected chi connectivity index (χ4v) is 5.75. The molecule has 0 rings (SSSR count). The van der Waals surface area contributed by atoms with E-state index in [1.807, 2.05) is 6.08 Å². The normalized spacial score (nSPS) is 13.8. The van der Waals surface area contributed by atoms with E-state index in [4.69, 9.17) is 0 Å². The van der Waals surface area contributed by atoms with E-state index in [0.717, 1.165) is 70.6 Å². The topological polar surface area (TPSA) is 69.6 Å². The van der Waals surface area contributed by atoms with Crippen molar-refractivity contribution < 1.29 is 15.0 Å². The van der Waals surface area contributed by atoms with Crippen molar-refractivity contribution in [2.75, 3.05) is 6.61 Å². The summed E-state index contributed by atoms with van der Waals surface area (Å²) in [6, 6.07) is -0.657. The van der Waals surface area contributed by atoms with E-state index in [0.29, 0.717) is 6.42 Å². The average Bonchev–Trinajstić information content (AvgIpc) is 3.10. The standard InChI is InChI=1S/C45H79NO3/c1-3-5-7-9-11-13-15-17-19-20-21-22-23-24-25-27-28-30-32-34-36-38-40-44(48)43(42-47)46-45(49)41-39-37-35-33-31-29-26-18-16-14-12-10-8-6-4-2/h6,8,12,14,18,24-26,30,32,38,40,43-44,47-48H,3-5,7,9-11,13,15-17,19-23,27-29,31,33-37,39,41-42H2,1-2H3,(H,46,49)/b8-6-,14-12-,25-24+,26-18-,32-30+,40-38+. The number of hydrogen-bond donors (Lipinski definition) is 3. The van der Waals surface area contributed by atoms with Crippen LogP contribution in [0.1, 0.15) is 187 Å². The number of carbonyl (C=O) groups excluding carboxylic acids is 1. The van der Waals surface area contributed by atoms with Crippen LogP contribution in [-0.2, 0) is 4.79 Å². The van der Waals surface area contributed by atoms with E-state index in [-0.39, 0.29) is 12.5 Å². The van der Waals surface area contributed by atoms with Gasteiger partial charge in [-0.2, -0.15) is 0 Å². The van der Waals surface area contributed by atoms with Gasteiger partial charge in [-0.3, -0.25) is 4.79 Å². The van der Waals surface area contributed by atoms with Gasteiger partial charge in [0.05, 0.1) is 18.8 Å². The Kier molecular flexibility index (Phi) is 38.5. The van der Waals surface area contributed by atoms with Crippen molar-refractivity contribution in [3.05, 3.63) is 72.9 Å². The molecule has 0 spiro atoms. The number of aliphatic hydroxyl groups is 2. The highest BCUT2D eigenvalue weighted by Gasteiger charge is 2.17. The Bertz CT molecular complexity index is 868. The van der Waals surface area contributed by atoms with Crippen LogP contribution in [-0.4, -0.2) is 34.9 Å². The number of amides is 1. The maximum absolute atomic E-state index is 12.3. The zero-order chi connectivity index (χ0) is 35.7. The molecule has 0 fully saturated rings. The molecule has 2 atom stereocenters. The summed E-state index contributed by atoms with van der Waals surface area (Å²) in [6.45, 7) is 4.16. The molecule has 282 valence electrons. The van der Waals surface area contributed by atoms with Crippen LogP contribution < -0.4 is 5.32 Å². The monoisotopic (exact) mass is 682 g/mol. The van der Waals surface area contributed by atoms with Crippen molar-refractivity contribution in [1.82, 2.24) is 5.32 Å². The van der Waals surface area contributed by atoms with Gasteiger partial charge < -0.3 is 15.5 Å². The van der Waals surface area contributed by atoms with Crippen LogP contribution in [0.4, 0.5) is 0 Å². The van der Waals surface area contributed by atoms with Crippen molar-refractivity contribution in [3.63, 3.8) is 0 Å². The van der Waals surface area contributed by atoms with Crippen LogP contribution in [0.15, 0.2) is 72.9 Å². The summed E-state index contributed by atoms with van der Waals surface area (Å²) < 4.78 is 0. The van der Waals surface area contributed by atoms with Crippen molar-refractivity contribution >= 4 is 5.91 Å². The maximum Gasteiger partial charge on any atom is 0.220 e. The fourth-order valence-electron chi connectivity index (χ4n) is 5.75. The highest BCUT2D eigenvalue weighted by Crippen LogP contribution is 2.13. The molecule has 1 amide bonds. The Balaban J connectivity index is 3.71. The average molecular weight is 682 g/mol. The van der Waals surface area contributed by atoms with Crippen LogP contribution in [0.3, 0.4) is 0 Å². The van der Waals surface area contributed by atoms with Gasteiger partial charge in [0.1, 0.15) is 0 Å². The summed E-state index contributed by atoms with van der Waals surface area (Å²) in [4.78, 5) is 12.3. The lowest BCUT2D eigenvalue weighted by atomic mass is 10.0.